The monoisotopic (exact) mass is 458 g/mol. The van der Waals surface area contributed by atoms with Crippen molar-refractivity contribution in [1.29, 1.82) is 0 Å². The normalized spacial score (nSPS) is 11.9. The first-order valence-corrected chi connectivity index (χ1v) is 11.6. The first kappa shape index (κ1) is 23.1. The van der Waals surface area contributed by atoms with Crippen LogP contribution in [0.3, 0.4) is 0 Å². The number of thioether (sulfide) groups is 1. The second kappa shape index (κ2) is 10.6. The van der Waals surface area contributed by atoms with E-state index in [-0.39, 0.29) is 16.3 Å². The molecule has 1 amide bonds. The molecule has 0 spiro atoms. The standard InChI is InChI=1S/C22H27ClN6OS/c1-5-28(6-2)17-12-10-16(11-13-17)20-26-27-22(29(20)7-3)31-15(4)21(30)25-18-9-8-14-24-19(18)23/h8-15H,5-7H2,1-4H3,(H,25,30). The quantitative estimate of drug-likeness (QED) is 0.360. The first-order chi connectivity index (χ1) is 15.0. The lowest BCUT2D eigenvalue weighted by Gasteiger charge is -2.21. The van der Waals surface area contributed by atoms with Gasteiger partial charge >= 0.3 is 0 Å². The van der Waals surface area contributed by atoms with Gasteiger partial charge in [0.05, 0.1) is 10.9 Å². The third-order valence-corrected chi connectivity index (χ3v) is 6.34. The molecule has 164 valence electrons. The Kier molecular flexibility index (Phi) is 7.92. The molecular weight excluding hydrogens is 432 g/mol. The molecule has 0 saturated carbocycles. The minimum atomic E-state index is -0.385. The zero-order valence-corrected chi connectivity index (χ0v) is 19.7. The number of nitrogens with one attached hydrogen (secondary N) is 1. The van der Waals surface area contributed by atoms with E-state index in [9.17, 15) is 4.79 Å². The van der Waals surface area contributed by atoms with Gasteiger partial charge in [-0.25, -0.2) is 4.98 Å². The summed E-state index contributed by atoms with van der Waals surface area (Å²) in [5, 5.41) is 12.1. The molecule has 0 bridgehead atoms. The molecule has 1 atom stereocenters. The Morgan fingerprint density at radius 3 is 2.48 bits per heavy atom. The van der Waals surface area contributed by atoms with E-state index in [1.807, 2.05) is 18.4 Å². The lowest BCUT2D eigenvalue weighted by Crippen LogP contribution is -2.23. The molecule has 2 aromatic heterocycles. The van der Waals surface area contributed by atoms with Gasteiger partial charge in [0, 0.05) is 37.1 Å². The number of benzene rings is 1. The number of carbonyl (C=O) groups is 1. The number of hydrogen-bond acceptors (Lipinski definition) is 6. The zero-order chi connectivity index (χ0) is 22.4. The van der Waals surface area contributed by atoms with Crippen LogP contribution in [0.5, 0.6) is 0 Å². The molecule has 3 aromatic rings. The molecule has 1 N–H and O–H groups in total. The van der Waals surface area contributed by atoms with E-state index in [4.69, 9.17) is 11.6 Å². The van der Waals surface area contributed by atoms with Crippen molar-refractivity contribution in [2.75, 3.05) is 23.3 Å². The van der Waals surface area contributed by atoms with E-state index in [1.165, 1.54) is 17.4 Å². The van der Waals surface area contributed by atoms with E-state index in [0.717, 1.165) is 24.5 Å². The molecule has 7 nitrogen and oxygen atoms in total. The number of halogens is 1. The number of hydrogen-bond donors (Lipinski definition) is 1. The summed E-state index contributed by atoms with van der Waals surface area (Å²) in [5.74, 6) is 0.620. The van der Waals surface area contributed by atoms with Gasteiger partial charge in [0.25, 0.3) is 0 Å². The number of nitrogens with zero attached hydrogens (tertiary/aromatic N) is 5. The maximum Gasteiger partial charge on any atom is 0.237 e. The van der Waals surface area contributed by atoms with Crippen molar-refractivity contribution in [2.24, 2.45) is 0 Å². The summed E-state index contributed by atoms with van der Waals surface area (Å²) in [7, 11) is 0. The summed E-state index contributed by atoms with van der Waals surface area (Å²) in [6, 6.07) is 11.8. The fourth-order valence-electron chi connectivity index (χ4n) is 3.21. The molecule has 1 unspecified atom stereocenters. The number of aromatic nitrogens is 4. The smallest absolute Gasteiger partial charge is 0.237 e. The van der Waals surface area contributed by atoms with Crippen molar-refractivity contribution in [1.82, 2.24) is 19.7 Å². The molecule has 0 fully saturated rings. The van der Waals surface area contributed by atoms with E-state index >= 15 is 0 Å². The van der Waals surface area contributed by atoms with Gasteiger partial charge in [-0.2, -0.15) is 0 Å². The molecule has 0 saturated heterocycles. The molecule has 0 radical (unpaired) electrons. The number of rotatable bonds is 9. The van der Waals surface area contributed by atoms with Crippen LogP contribution >= 0.6 is 23.4 Å². The molecule has 9 heteroatoms. The minimum absolute atomic E-state index is 0.171. The minimum Gasteiger partial charge on any atom is -0.372 e. The zero-order valence-electron chi connectivity index (χ0n) is 18.2. The lowest BCUT2D eigenvalue weighted by atomic mass is 10.2. The molecule has 1 aromatic carbocycles. The average Bonchev–Trinajstić information content (AvgIpc) is 3.19. The third kappa shape index (κ3) is 5.37. The topological polar surface area (TPSA) is 75.9 Å². The van der Waals surface area contributed by atoms with Crippen LogP contribution in [-0.2, 0) is 11.3 Å². The second-order valence-corrected chi connectivity index (χ2v) is 8.53. The summed E-state index contributed by atoms with van der Waals surface area (Å²) < 4.78 is 2.03. The summed E-state index contributed by atoms with van der Waals surface area (Å²) in [5.41, 5.74) is 2.68. The Labute approximate surface area is 192 Å². The fourth-order valence-corrected chi connectivity index (χ4v) is 4.29. The highest BCUT2D eigenvalue weighted by Crippen LogP contribution is 2.29. The molecule has 0 aliphatic heterocycles. The average molecular weight is 459 g/mol. The van der Waals surface area contributed by atoms with Gasteiger partial charge in [0.1, 0.15) is 0 Å². The van der Waals surface area contributed by atoms with Crippen molar-refractivity contribution >= 4 is 40.6 Å². The Morgan fingerprint density at radius 2 is 1.87 bits per heavy atom. The predicted octanol–water partition coefficient (Wildman–Crippen LogP) is 4.98. The molecule has 0 aliphatic rings. The van der Waals surface area contributed by atoms with Crippen LogP contribution in [0.1, 0.15) is 27.7 Å². The predicted molar refractivity (Wildman–Crippen MR) is 128 cm³/mol. The highest BCUT2D eigenvalue weighted by Gasteiger charge is 2.21. The van der Waals surface area contributed by atoms with E-state index in [2.05, 4.69) is 63.5 Å². The number of carbonyl (C=O) groups excluding carboxylic acids is 1. The molecule has 0 aliphatic carbocycles. The Morgan fingerprint density at radius 1 is 1.16 bits per heavy atom. The van der Waals surface area contributed by atoms with Crippen molar-refractivity contribution < 1.29 is 4.79 Å². The fraction of sp³-hybridized carbons (Fsp3) is 0.364. The number of anilines is 2. The van der Waals surface area contributed by atoms with Crippen molar-refractivity contribution in [3.05, 3.63) is 47.7 Å². The van der Waals surface area contributed by atoms with Crippen LogP contribution in [0.2, 0.25) is 5.15 Å². The second-order valence-electron chi connectivity index (χ2n) is 6.86. The maximum absolute atomic E-state index is 12.6. The number of amides is 1. The van der Waals surface area contributed by atoms with Crippen LogP contribution < -0.4 is 10.2 Å². The van der Waals surface area contributed by atoms with E-state index in [1.54, 1.807) is 18.3 Å². The lowest BCUT2D eigenvalue weighted by molar-refractivity contribution is -0.115. The van der Waals surface area contributed by atoms with Crippen LogP contribution in [0.25, 0.3) is 11.4 Å². The highest BCUT2D eigenvalue weighted by molar-refractivity contribution is 8.00. The molecular formula is C22H27ClN6OS. The third-order valence-electron chi connectivity index (χ3n) is 4.96. The van der Waals surface area contributed by atoms with Crippen molar-refractivity contribution in [2.45, 2.75) is 44.6 Å². The van der Waals surface area contributed by atoms with Crippen LogP contribution in [0.4, 0.5) is 11.4 Å². The van der Waals surface area contributed by atoms with Gasteiger partial charge in [0.15, 0.2) is 16.1 Å². The van der Waals surface area contributed by atoms with E-state index < -0.39 is 0 Å². The van der Waals surface area contributed by atoms with Gasteiger partial charge < -0.3 is 14.8 Å². The summed E-state index contributed by atoms with van der Waals surface area (Å²) >= 11 is 7.40. The molecule has 2 heterocycles. The van der Waals surface area contributed by atoms with Gasteiger partial charge in [-0.1, -0.05) is 23.4 Å². The van der Waals surface area contributed by atoms with E-state index in [0.29, 0.717) is 17.4 Å². The number of pyridine rings is 1. The van der Waals surface area contributed by atoms with Crippen LogP contribution in [-0.4, -0.2) is 44.0 Å². The molecule has 3 rings (SSSR count). The van der Waals surface area contributed by atoms with Gasteiger partial charge in [-0.15, -0.1) is 10.2 Å². The summed E-state index contributed by atoms with van der Waals surface area (Å²) in [4.78, 5) is 18.9. The van der Waals surface area contributed by atoms with Gasteiger partial charge in [-0.3, -0.25) is 4.79 Å². The van der Waals surface area contributed by atoms with Crippen LogP contribution in [0, 0.1) is 0 Å². The van der Waals surface area contributed by atoms with Crippen LogP contribution in [0.15, 0.2) is 47.8 Å². The maximum atomic E-state index is 12.6. The highest BCUT2D eigenvalue weighted by atomic mass is 35.5. The van der Waals surface area contributed by atoms with Crippen molar-refractivity contribution in [3.8, 4) is 11.4 Å². The Bertz CT molecular complexity index is 1020. The first-order valence-electron chi connectivity index (χ1n) is 10.3. The SMILES string of the molecule is CCN(CC)c1ccc(-c2nnc(SC(C)C(=O)Nc3cccnc3Cl)n2CC)cc1. The summed E-state index contributed by atoms with van der Waals surface area (Å²) in [6.45, 7) is 10.8. The van der Waals surface area contributed by atoms with Crippen molar-refractivity contribution in [3.63, 3.8) is 0 Å². The summed E-state index contributed by atoms with van der Waals surface area (Å²) in [6.07, 6.45) is 1.58. The van der Waals surface area contributed by atoms with Gasteiger partial charge in [-0.05, 0) is 64.1 Å². The Balaban J connectivity index is 1.75. The molecule has 31 heavy (non-hydrogen) atoms. The van der Waals surface area contributed by atoms with Gasteiger partial charge in [0.2, 0.25) is 5.91 Å². The largest absolute Gasteiger partial charge is 0.372 e. The Hall–Kier alpha value is -2.58.